The van der Waals surface area contributed by atoms with Crippen LogP contribution < -0.4 is 20.4 Å². The molecule has 1 heterocycles. The minimum absolute atomic E-state index is 0.113. The minimum Gasteiger partial charge on any atom is -0.378 e. The first-order chi connectivity index (χ1) is 14.4. The van der Waals surface area contributed by atoms with E-state index in [2.05, 4.69) is 15.5 Å². The van der Waals surface area contributed by atoms with Crippen molar-refractivity contribution in [2.75, 3.05) is 55.4 Å². The molecule has 7 nitrogen and oxygen atoms in total. The number of morpholine rings is 1. The molecular weight excluding hydrogens is 387 g/mol. The lowest BCUT2D eigenvalue weighted by molar-refractivity contribution is -0.885. The molecule has 1 aliphatic heterocycles. The molecular formula is C22H28FN4O3+. The standard InChI is InChI=1S/C22H27FN4O3/c1-16(26(2)15-21(28)24-18-5-3-17(23)4-6-18)22(29)25-19-7-9-20(10-8-19)27-11-13-30-14-12-27/h3-10,16H,11-15H2,1-2H3,(H,24,28)(H,25,29)/p+1/t16-/m1/s1. The first-order valence-electron chi connectivity index (χ1n) is 10.0. The molecule has 2 aromatic carbocycles. The third kappa shape index (κ3) is 6.01. The lowest BCUT2D eigenvalue weighted by Crippen LogP contribution is -3.14. The number of rotatable bonds is 7. The molecule has 8 heteroatoms. The summed E-state index contributed by atoms with van der Waals surface area (Å²) < 4.78 is 18.3. The van der Waals surface area contributed by atoms with Crippen molar-refractivity contribution >= 4 is 28.9 Å². The van der Waals surface area contributed by atoms with Gasteiger partial charge >= 0.3 is 0 Å². The number of nitrogens with one attached hydrogen (secondary N) is 3. The van der Waals surface area contributed by atoms with Crippen LogP contribution in [0.15, 0.2) is 48.5 Å². The maximum Gasteiger partial charge on any atom is 0.282 e. The fraction of sp³-hybridized carbons (Fsp3) is 0.364. The van der Waals surface area contributed by atoms with Gasteiger partial charge in [-0.25, -0.2) is 4.39 Å². The van der Waals surface area contributed by atoms with E-state index in [1.54, 1.807) is 14.0 Å². The van der Waals surface area contributed by atoms with Crippen LogP contribution in [0.5, 0.6) is 0 Å². The summed E-state index contributed by atoms with van der Waals surface area (Å²) in [6.07, 6.45) is 0. The van der Waals surface area contributed by atoms with Crippen molar-refractivity contribution in [3.8, 4) is 0 Å². The molecule has 1 unspecified atom stereocenters. The first-order valence-corrected chi connectivity index (χ1v) is 10.0. The van der Waals surface area contributed by atoms with Gasteiger partial charge in [-0.15, -0.1) is 0 Å². The van der Waals surface area contributed by atoms with E-state index >= 15 is 0 Å². The van der Waals surface area contributed by atoms with E-state index in [0.717, 1.165) is 36.9 Å². The van der Waals surface area contributed by atoms with Gasteiger partial charge in [0.15, 0.2) is 12.6 Å². The number of ether oxygens (including phenoxy) is 1. The number of hydrogen-bond acceptors (Lipinski definition) is 4. The summed E-state index contributed by atoms with van der Waals surface area (Å²) in [5, 5.41) is 5.61. The Morgan fingerprint density at radius 2 is 1.60 bits per heavy atom. The van der Waals surface area contributed by atoms with Crippen LogP contribution in [0.3, 0.4) is 0 Å². The van der Waals surface area contributed by atoms with Crippen LogP contribution in [-0.4, -0.2) is 57.8 Å². The zero-order valence-corrected chi connectivity index (χ0v) is 17.3. The number of likely N-dealkylation sites (N-methyl/N-ethyl adjacent to an activating group) is 1. The SMILES string of the molecule is C[C@H](C(=O)Nc1ccc(N2CCOCC2)cc1)[NH+](C)CC(=O)Nc1ccc(F)cc1. The molecule has 30 heavy (non-hydrogen) atoms. The van der Waals surface area contributed by atoms with Gasteiger partial charge in [0.2, 0.25) is 0 Å². The summed E-state index contributed by atoms with van der Waals surface area (Å²) in [6.45, 7) is 5.05. The number of nitrogens with zero attached hydrogens (tertiary/aromatic N) is 1. The fourth-order valence-electron chi connectivity index (χ4n) is 3.20. The topological polar surface area (TPSA) is 75.1 Å². The van der Waals surface area contributed by atoms with E-state index in [1.165, 1.54) is 24.3 Å². The third-order valence-electron chi connectivity index (χ3n) is 5.21. The van der Waals surface area contributed by atoms with Crippen LogP contribution in [0.4, 0.5) is 21.5 Å². The highest BCUT2D eigenvalue weighted by atomic mass is 19.1. The Kier molecular flexibility index (Phi) is 7.37. The smallest absolute Gasteiger partial charge is 0.282 e. The molecule has 0 radical (unpaired) electrons. The average molecular weight is 415 g/mol. The number of benzene rings is 2. The van der Waals surface area contributed by atoms with E-state index in [9.17, 15) is 14.0 Å². The van der Waals surface area contributed by atoms with Crippen LogP contribution >= 0.6 is 0 Å². The first kappa shape index (κ1) is 21.7. The molecule has 0 bridgehead atoms. The molecule has 2 aromatic rings. The van der Waals surface area contributed by atoms with Gasteiger partial charge in [-0.2, -0.15) is 0 Å². The Bertz CT molecular complexity index is 852. The second-order valence-corrected chi connectivity index (χ2v) is 7.44. The number of halogens is 1. The normalized spacial score (nSPS) is 15.9. The van der Waals surface area contributed by atoms with E-state index in [1.807, 2.05) is 24.3 Å². The second kappa shape index (κ2) is 10.2. The molecule has 0 aromatic heterocycles. The quantitative estimate of drug-likeness (QED) is 0.634. The predicted molar refractivity (Wildman–Crippen MR) is 114 cm³/mol. The van der Waals surface area contributed by atoms with Crippen molar-refractivity contribution in [2.24, 2.45) is 0 Å². The predicted octanol–water partition coefficient (Wildman–Crippen LogP) is 1.14. The number of carbonyl (C=O) groups is 2. The number of amides is 2. The van der Waals surface area contributed by atoms with E-state index in [-0.39, 0.29) is 24.2 Å². The van der Waals surface area contributed by atoms with Crippen LogP contribution in [0.1, 0.15) is 6.92 Å². The maximum atomic E-state index is 13.0. The fourth-order valence-corrected chi connectivity index (χ4v) is 3.20. The van der Waals surface area contributed by atoms with Crippen LogP contribution in [0.2, 0.25) is 0 Å². The van der Waals surface area contributed by atoms with Gasteiger partial charge in [-0.05, 0) is 55.5 Å². The van der Waals surface area contributed by atoms with Crippen molar-refractivity contribution in [3.63, 3.8) is 0 Å². The monoisotopic (exact) mass is 415 g/mol. The number of carbonyl (C=O) groups excluding carboxylic acids is 2. The van der Waals surface area contributed by atoms with E-state index < -0.39 is 6.04 Å². The number of anilines is 3. The largest absolute Gasteiger partial charge is 0.378 e. The molecule has 1 fully saturated rings. The molecule has 0 spiro atoms. The molecule has 2 amide bonds. The highest BCUT2D eigenvalue weighted by Crippen LogP contribution is 2.19. The summed E-state index contributed by atoms with van der Waals surface area (Å²) >= 11 is 0. The van der Waals surface area contributed by atoms with Crippen molar-refractivity contribution in [1.29, 1.82) is 0 Å². The molecule has 3 N–H and O–H groups in total. The molecule has 0 aliphatic carbocycles. The second-order valence-electron chi connectivity index (χ2n) is 7.44. The summed E-state index contributed by atoms with van der Waals surface area (Å²) in [7, 11) is 1.79. The Morgan fingerprint density at radius 1 is 1.03 bits per heavy atom. The van der Waals surface area contributed by atoms with Gasteiger partial charge in [0.25, 0.3) is 11.8 Å². The zero-order chi connectivity index (χ0) is 21.5. The Morgan fingerprint density at radius 3 is 2.23 bits per heavy atom. The minimum atomic E-state index is -0.428. The molecule has 0 saturated carbocycles. The summed E-state index contributed by atoms with van der Waals surface area (Å²) in [5.41, 5.74) is 2.34. The van der Waals surface area contributed by atoms with E-state index in [0.29, 0.717) is 11.4 Å². The molecule has 3 rings (SSSR count). The molecule has 1 aliphatic rings. The van der Waals surface area contributed by atoms with Crippen LogP contribution in [-0.2, 0) is 14.3 Å². The number of hydrogen-bond donors (Lipinski definition) is 3. The van der Waals surface area contributed by atoms with Crippen LogP contribution in [0, 0.1) is 5.82 Å². The van der Waals surface area contributed by atoms with Gasteiger partial charge < -0.3 is 25.2 Å². The zero-order valence-electron chi connectivity index (χ0n) is 17.3. The molecule has 160 valence electrons. The molecule has 2 atom stereocenters. The summed E-state index contributed by atoms with van der Waals surface area (Å²) in [4.78, 5) is 27.8. The summed E-state index contributed by atoms with van der Waals surface area (Å²) in [6, 6.07) is 12.9. The Hall–Kier alpha value is -2.97. The van der Waals surface area contributed by atoms with Crippen molar-refractivity contribution in [3.05, 3.63) is 54.3 Å². The third-order valence-corrected chi connectivity index (χ3v) is 5.21. The average Bonchev–Trinajstić information content (AvgIpc) is 2.76. The number of quaternary nitrogens is 1. The highest BCUT2D eigenvalue weighted by molar-refractivity contribution is 5.94. The van der Waals surface area contributed by atoms with Gasteiger partial charge in [0.1, 0.15) is 5.82 Å². The van der Waals surface area contributed by atoms with Gasteiger partial charge in [0.05, 0.1) is 20.3 Å². The Labute approximate surface area is 175 Å². The van der Waals surface area contributed by atoms with Crippen molar-refractivity contribution in [1.82, 2.24) is 0 Å². The van der Waals surface area contributed by atoms with Gasteiger partial charge in [-0.1, -0.05) is 0 Å². The van der Waals surface area contributed by atoms with Crippen LogP contribution in [0.25, 0.3) is 0 Å². The highest BCUT2D eigenvalue weighted by Gasteiger charge is 2.24. The van der Waals surface area contributed by atoms with Gasteiger partial charge in [0, 0.05) is 30.2 Å². The van der Waals surface area contributed by atoms with Crippen molar-refractivity contribution < 1.29 is 23.6 Å². The Balaban J connectivity index is 1.49. The lowest BCUT2D eigenvalue weighted by Gasteiger charge is -2.29. The van der Waals surface area contributed by atoms with Crippen molar-refractivity contribution in [2.45, 2.75) is 13.0 Å². The van der Waals surface area contributed by atoms with E-state index in [4.69, 9.17) is 4.74 Å². The van der Waals surface area contributed by atoms with Gasteiger partial charge in [-0.3, -0.25) is 9.59 Å². The summed E-state index contributed by atoms with van der Waals surface area (Å²) in [5.74, 6) is -0.770. The maximum absolute atomic E-state index is 13.0. The lowest BCUT2D eigenvalue weighted by atomic mass is 10.2. The molecule has 1 saturated heterocycles.